The number of carbonyl (C=O) groups excluding carboxylic acids is 1. The summed E-state index contributed by atoms with van der Waals surface area (Å²) in [5.74, 6) is 0.797. The Labute approximate surface area is 149 Å². The van der Waals surface area contributed by atoms with E-state index in [4.69, 9.17) is 9.47 Å². The number of benzene rings is 2. The maximum Gasteiger partial charge on any atom is 0.347 e. The average molecular weight is 339 g/mol. The van der Waals surface area contributed by atoms with Crippen LogP contribution in [-0.4, -0.2) is 23.5 Å². The number of hydrogen-bond acceptors (Lipinski definition) is 4. The lowest BCUT2D eigenvalue weighted by Gasteiger charge is -2.31. The van der Waals surface area contributed by atoms with Gasteiger partial charge in [0.25, 0.3) is 0 Å². The fourth-order valence-electron chi connectivity index (χ4n) is 3.26. The molecule has 4 heteroatoms. The van der Waals surface area contributed by atoms with Gasteiger partial charge in [0.1, 0.15) is 17.1 Å². The highest BCUT2D eigenvalue weighted by Gasteiger charge is 2.33. The van der Waals surface area contributed by atoms with E-state index >= 15 is 0 Å². The van der Waals surface area contributed by atoms with Crippen LogP contribution in [0.3, 0.4) is 0 Å². The third-order valence-electron chi connectivity index (χ3n) is 4.69. The van der Waals surface area contributed by atoms with Crippen molar-refractivity contribution >= 4 is 5.97 Å². The Bertz CT molecular complexity index is 791. The van der Waals surface area contributed by atoms with Crippen LogP contribution in [0.25, 0.3) is 0 Å². The second kappa shape index (κ2) is 6.52. The molecule has 0 atom stereocenters. The Balaban J connectivity index is 1.98. The summed E-state index contributed by atoms with van der Waals surface area (Å²) in [5, 5.41) is 0. The molecule has 0 aromatic heterocycles. The lowest BCUT2D eigenvalue weighted by molar-refractivity contribution is 0.0730. The molecule has 0 N–H and O–H groups in total. The van der Waals surface area contributed by atoms with Crippen LogP contribution in [0.4, 0.5) is 0 Å². The quantitative estimate of drug-likeness (QED) is 0.616. The third kappa shape index (κ3) is 3.40. The molecule has 1 heterocycles. The van der Waals surface area contributed by atoms with Gasteiger partial charge in [-0.05, 0) is 51.0 Å². The van der Waals surface area contributed by atoms with Gasteiger partial charge in [-0.3, -0.25) is 4.90 Å². The highest BCUT2D eigenvalue weighted by atomic mass is 16.5. The number of aryl methyl sites for hydroxylation is 1. The van der Waals surface area contributed by atoms with E-state index in [0.717, 1.165) is 24.2 Å². The molecule has 0 amide bonds. The van der Waals surface area contributed by atoms with E-state index in [-0.39, 0.29) is 11.5 Å². The molecule has 2 aromatic carbocycles. The molecule has 2 aromatic rings. The molecule has 25 heavy (non-hydrogen) atoms. The largest absolute Gasteiger partial charge is 0.495 e. The smallest absolute Gasteiger partial charge is 0.347 e. The molecule has 1 aliphatic rings. The maximum absolute atomic E-state index is 12.8. The van der Waals surface area contributed by atoms with E-state index in [1.165, 1.54) is 5.56 Å². The average Bonchev–Trinajstić information content (AvgIpc) is 2.98. The van der Waals surface area contributed by atoms with Crippen LogP contribution in [0.5, 0.6) is 11.5 Å². The minimum Gasteiger partial charge on any atom is -0.495 e. The third-order valence-corrected chi connectivity index (χ3v) is 4.69. The van der Waals surface area contributed by atoms with Crippen molar-refractivity contribution in [3.8, 4) is 11.5 Å². The van der Waals surface area contributed by atoms with E-state index in [1.54, 1.807) is 19.2 Å². The molecule has 0 bridgehead atoms. The van der Waals surface area contributed by atoms with Crippen LogP contribution >= 0.6 is 0 Å². The zero-order valence-electron chi connectivity index (χ0n) is 15.6. The number of methoxy groups -OCH3 is 1. The molecular formula is C21H25NO3. The molecule has 0 saturated heterocycles. The van der Waals surface area contributed by atoms with E-state index in [2.05, 4.69) is 31.7 Å². The number of carbonyl (C=O) groups is 1. The van der Waals surface area contributed by atoms with Gasteiger partial charge in [-0.1, -0.05) is 24.3 Å². The van der Waals surface area contributed by atoms with E-state index in [0.29, 0.717) is 17.1 Å². The number of ether oxygens (including phenoxy) is 2. The van der Waals surface area contributed by atoms with Gasteiger partial charge in [-0.15, -0.1) is 0 Å². The van der Waals surface area contributed by atoms with Gasteiger partial charge in [-0.2, -0.15) is 0 Å². The normalized spacial score (nSPS) is 14.3. The number of para-hydroxylation sites is 1. The van der Waals surface area contributed by atoms with E-state index < -0.39 is 0 Å². The Morgan fingerprint density at radius 2 is 1.80 bits per heavy atom. The highest BCUT2D eigenvalue weighted by molar-refractivity contribution is 5.96. The molecular weight excluding hydrogens is 314 g/mol. The minimum absolute atomic E-state index is 0.0582. The van der Waals surface area contributed by atoms with Gasteiger partial charge in [0, 0.05) is 24.2 Å². The fourth-order valence-corrected chi connectivity index (χ4v) is 3.26. The van der Waals surface area contributed by atoms with Crippen LogP contribution in [0.15, 0.2) is 36.4 Å². The summed E-state index contributed by atoms with van der Waals surface area (Å²) in [4.78, 5) is 15.2. The van der Waals surface area contributed by atoms with Crippen molar-refractivity contribution in [3.63, 3.8) is 0 Å². The topological polar surface area (TPSA) is 38.8 Å². The van der Waals surface area contributed by atoms with Gasteiger partial charge in [0.05, 0.1) is 7.11 Å². The second-order valence-electron chi connectivity index (χ2n) is 7.47. The van der Waals surface area contributed by atoms with Gasteiger partial charge >= 0.3 is 5.97 Å². The highest BCUT2D eigenvalue weighted by Crippen LogP contribution is 2.39. The first-order chi connectivity index (χ1) is 11.8. The van der Waals surface area contributed by atoms with Crippen LogP contribution in [0, 0.1) is 6.92 Å². The predicted octanol–water partition coefficient (Wildman–Crippen LogP) is 4.34. The molecule has 0 radical (unpaired) electrons. The van der Waals surface area contributed by atoms with E-state index in [1.807, 2.05) is 25.1 Å². The second-order valence-corrected chi connectivity index (χ2v) is 7.47. The van der Waals surface area contributed by atoms with Gasteiger partial charge in [0.2, 0.25) is 0 Å². The molecule has 0 unspecified atom stereocenters. The molecule has 0 fully saturated rings. The molecule has 0 spiro atoms. The van der Waals surface area contributed by atoms with E-state index in [9.17, 15) is 4.79 Å². The van der Waals surface area contributed by atoms with Crippen molar-refractivity contribution in [2.45, 2.75) is 46.3 Å². The minimum atomic E-state index is -0.377. The Morgan fingerprint density at radius 1 is 1.12 bits per heavy atom. The molecule has 0 aliphatic carbocycles. The SMILES string of the molecule is COc1c2c(cc(C)c1C(=O)Oc1ccccc1)CN(C(C)(C)C)C2. The van der Waals surface area contributed by atoms with Crippen LogP contribution < -0.4 is 9.47 Å². The number of fused-ring (bicyclic) bond motifs is 1. The lowest BCUT2D eigenvalue weighted by atomic mass is 9.99. The van der Waals surface area contributed by atoms with Crippen molar-refractivity contribution in [2.24, 2.45) is 0 Å². The Hall–Kier alpha value is -2.33. The standard InChI is InChI=1S/C21H25NO3/c1-14-11-15-12-22(21(2,3)4)13-17(15)19(24-5)18(14)20(23)25-16-9-7-6-8-10-16/h6-11H,12-13H2,1-5H3. The monoisotopic (exact) mass is 339 g/mol. The van der Waals surface area contributed by atoms with Crippen LogP contribution in [-0.2, 0) is 13.1 Å². The summed E-state index contributed by atoms with van der Waals surface area (Å²) in [7, 11) is 1.62. The van der Waals surface area contributed by atoms with Crippen molar-refractivity contribution in [2.75, 3.05) is 7.11 Å². The first-order valence-electron chi connectivity index (χ1n) is 8.53. The summed E-state index contributed by atoms with van der Waals surface area (Å²) < 4.78 is 11.2. The summed E-state index contributed by atoms with van der Waals surface area (Å²) in [6.45, 7) is 10.2. The molecule has 0 saturated carbocycles. The summed E-state index contributed by atoms with van der Waals surface area (Å²) in [6, 6.07) is 11.2. The fraction of sp³-hybridized carbons (Fsp3) is 0.381. The molecule has 3 rings (SSSR count). The number of esters is 1. The summed E-state index contributed by atoms with van der Waals surface area (Å²) in [5.41, 5.74) is 3.76. The van der Waals surface area contributed by atoms with Crippen LogP contribution in [0.1, 0.15) is 47.8 Å². The first kappa shape index (κ1) is 17.5. The maximum atomic E-state index is 12.8. The zero-order chi connectivity index (χ0) is 18.2. The molecule has 4 nitrogen and oxygen atoms in total. The van der Waals surface area contributed by atoms with Crippen molar-refractivity contribution in [3.05, 3.63) is 58.7 Å². The van der Waals surface area contributed by atoms with Gasteiger partial charge < -0.3 is 9.47 Å². The van der Waals surface area contributed by atoms with Crippen LogP contribution in [0.2, 0.25) is 0 Å². The van der Waals surface area contributed by atoms with Crippen molar-refractivity contribution in [1.29, 1.82) is 0 Å². The van der Waals surface area contributed by atoms with Crippen molar-refractivity contribution < 1.29 is 14.3 Å². The van der Waals surface area contributed by atoms with Gasteiger partial charge in [0.15, 0.2) is 0 Å². The first-order valence-corrected chi connectivity index (χ1v) is 8.53. The summed E-state index contributed by atoms with van der Waals surface area (Å²) in [6.07, 6.45) is 0. The molecule has 1 aliphatic heterocycles. The summed E-state index contributed by atoms with van der Waals surface area (Å²) >= 11 is 0. The zero-order valence-corrected chi connectivity index (χ0v) is 15.6. The number of nitrogens with zero attached hydrogens (tertiary/aromatic N) is 1. The Morgan fingerprint density at radius 3 is 2.40 bits per heavy atom. The molecule has 132 valence electrons. The number of rotatable bonds is 3. The Kier molecular flexibility index (Phi) is 4.56. The lowest BCUT2D eigenvalue weighted by Crippen LogP contribution is -2.36. The van der Waals surface area contributed by atoms with Crippen molar-refractivity contribution in [1.82, 2.24) is 4.90 Å². The number of hydrogen-bond donors (Lipinski definition) is 0. The predicted molar refractivity (Wildman–Crippen MR) is 98.1 cm³/mol. The van der Waals surface area contributed by atoms with Gasteiger partial charge in [-0.25, -0.2) is 4.79 Å².